The van der Waals surface area contributed by atoms with E-state index in [1.807, 2.05) is 0 Å². The predicted octanol–water partition coefficient (Wildman–Crippen LogP) is 2.24. The van der Waals surface area contributed by atoms with Gasteiger partial charge in [-0.2, -0.15) is 0 Å². The second-order valence-corrected chi connectivity index (χ2v) is 5.51. The Kier molecular flexibility index (Phi) is 6.30. The number of nitrogens with one attached hydrogen (secondary N) is 2. The molecule has 1 rings (SSSR count). The fourth-order valence-electron chi connectivity index (χ4n) is 1.76. The molecule has 0 aliphatic carbocycles. The minimum atomic E-state index is -0.543. The molecule has 0 unspecified atom stereocenters. The summed E-state index contributed by atoms with van der Waals surface area (Å²) in [5, 5.41) is 0. The second-order valence-electron chi connectivity index (χ2n) is 5.51. The van der Waals surface area contributed by atoms with Crippen molar-refractivity contribution >= 4 is 6.09 Å². The molecule has 0 aliphatic rings. The zero-order valence-corrected chi connectivity index (χ0v) is 13.9. The first-order valence-electron chi connectivity index (χ1n) is 6.81. The van der Waals surface area contributed by atoms with Gasteiger partial charge in [-0.15, -0.1) is 0 Å². The van der Waals surface area contributed by atoms with E-state index in [0.717, 1.165) is 5.56 Å². The lowest BCUT2D eigenvalue weighted by Crippen LogP contribution is -2.40. The van der Waals surface area contributed by atoms with Crippen molar-refractivity contribution in [2.75, 3.05) is 21.3 Å². The van der Waals surface area contributed by atoms with Crippen molar-refractivity contribution in [1.29, 1.82) is 0 Å². The quantitative estimate of drug-likeness (QED) is 0.784. The molecular formula is C15H24N2O5. The average molecular weight is 312 g/mol. The SMILES string of the molecule is COc1cc(CNNC(=O)OC(C)(C)C)cc(OC)c1OC. The molecular weight excluding hydrogens is 288 g/mol. The van der Waals surface area contributed by atoms with Crippen molar-refractivity contribution in [2.45, 2.75) is 32.9 Å². The van der Waals surface area contributed by atoms with Crippen molar-refractivity contribution < 1.29 is 23.7 Å². The Hall–Kier alpha value is -2.15. The molecule has 2 N–H and O–H groups in total. The lowest BCUT2D eigenvalue weighted by atomic mass is 10.2. The van der Waals surface area contributed by atoms with E-state index >= 15 is 0 Å². The van der Waals surface area contributed by atoms with Crippen LogP contribution in [0, 0.1) is 0 Å². The van der Waals surface area contributed by atoms with Crippen molar-refractivity contribution in [2.24, 2.45) is 0 Å². The molecule has 22 heavy (non-hydrogen) atoms. The Labute approximate surface area is 130 Å². The molecule has 0 aliphatic heterocycles. The van der Waals surface area contributed by atoms with Crippen LogP contribution in [0.4, 0.5) is 4.79 Å². The molecule has 0 radical (unpaired) electrons. The highest BCUT2D eigenvalue weighted by molar-refractivity contribution is 5.67. The van der Waals surface area contributed by atoms with E-state index in [9.17, 15) is 4.79 Å². The Morgan fingerprint density at radius 2 is 1.59 bits per heavy atom. The van der Waals surface area contributed by atoms with Gasteiger partial charge in [-0.25, -0.2) is 10.2 Å². The Bertz CT molecular complexity index is 486. The lowest BCUT2D eigenvalue weighted by Gasteiger charge is -2.20. The molecule has 7 nitrogen and oxygen atoms in total. The van der Waals surface area contributed by atoms with Gasteiger partial charge in [0.05, 0.1) is 21.3 Å². The van der Waals surface area contributed by atoms with Gasteiger partial charge in [0.15, 0.2) is 11.5 Å². The molecule has 0 atom stereocenters. The summed E-state index contributed by atoms with van der Waals surface area (Å²) in [4.78, 5) is 11.5. The van der Waals surface area contributed by atoms with Crippen LogP contribution >= 0.6 is 0 Å². The van der Waals surface area contributed by atoms with Gasteiger partial charge in [0.2, 0.25) is 5.75 Å². The normalized spacial score (nSPS) is 10.8. The van der Waals surface area contributed by atoms with Crippen molar-refractivity contribution in [3.63, 3.8) is 0 Å². The number of carbonyl (C=O) groups is 1. The van der Waals surface area contributed by atoms with Crippen LogP contribution in [-0.4, -0.2) is 33.0 Å². The third kappa shape index (κ3) is 5.33. The first-order valence-corrected chi connectivity index (χ1v) is 6.81. The van der Waals surface area contributed by atoms with E-state index in [-0.39, 0.29) is 0 Å². The Balaban J connectivity index is 2.68. The number of hydrogen-bond donors (Lipinski definition) is 2. The van der Waals surface area contributed by atoms with Crippen LogP contribution in [0.2, 0.25) is 0 Å². The maximum Gasteiger partial charge on any atom is 0.422 e. The highest BCUT2D eigenvalue weighted by Crippen LogP contribution is 2.38. The molecule has 0 heterocycles. The average Bonchev–Trinajstić information content (AvgIpc) is 2.44. The molecule has 1 aromatic carbocycles. The summed E-state index contributed by atoms with van der Waals surface area (Å²) in [5.41, 5.74) is 5.56. The third-order valence-electron chi connectivity index (χ3n) is 2.61. The van der Waals surface area contributed by atoms with E-state index in [1.165, 1.54) is 0 Å². The number of ether oxygens (including phenoxy) is 4. The number of benzene rings is 1. The van der Waals surface area contributed by atoms with Crippen molar-refractivity contribution in [3.05, 3.63) is 17.7 Å². The first-order chi connectivity index (χ1) is 10.3. The van der Waals surface area contributed by atoms with E-state index < -0.39 is 11.7 Å². The van der Waals surface area contributed by atoms with E-state index in [0.29, 0.717) is 23.8 Å². The summed E-state index contributed by atoms with van der Waals surface area (Å²) in [6, 6.07) is 3.59. The minimum Gasteiger partial charge on any atom is -0.493 e. The highest BCUT2D eigenvalue weighted by Gasteiger charge is 2.16. The molecule has 1 aromatic rings. The second kappa shape index (κ2) is 7.74. The maximum atomic E-state index is 11.5. The van der Waals surface area contributed by atoms with Crippen LogP contribution in [0.15, 0.2) is 12.1 Å². The zero-order valence-electron chi connectivity index (χ0n) is 13.9. The number of hydrogen-bond acceptors (Lipinski definition) is 6. The number of methoxy groups -OCH3 is 3. The fraction of sp³-hybridized carbons (Fsp3) is 0.533. The van der Waals surface area contributed by atoms with Crippen molar-refractivity contribution in [1.82, 2.24) is 10.9 Å². The molecule has 0 saturated heterocycles. The maximum absolute atomic E-state index is 11.5. The molecule has 1 amide bonds. The third-order valence-corrected chi connectivity index (χ3v) is 2.61. The number of carbonyl (C=O) groups excluding carboxylic acids is 1. The predicted molar refractivity (Wildman–Crippen MR) is 82.3 cm³/mol. The first kappa shape index (κ1) is 17.9. The summed E-state index contributed by atoms with van der Waals surface area (Å²) >= 11 is 0. The molecule has 124 valence electrons. The Morgan fingerprint density at radius 1 is 1.05 bits per heavy atom. The van der Waals surface area contributed by atoms with Gasteiger partial charge in [0.25, 0.3) is 0 Å². The van der Waals surface area contributed by atoms with E-state index in [1.54, 1.807) is 54.2 Å². The smallest absolute Gasteiger partial charge is 0.422 e. The summed E-state index contributed by atoms with van der Waals surface area (Å²) in [6.07, 6.45) is -0.542. The number of hydrazine groups is 1. The van der Waals surface area contributed by atoms with Gasteiger partial charge < -0.3 is 18.9 Å². The molecule has 0 spiro atoms. The standard InChI is InChI=1S/C15H24N2O5/c1-15(2,3)22-14(18)17-16-9-10-7-11(19-4)13(21-6)12(8-10)20-5/h7-8,16H,9H2,1-6H3,(H,17,18). The number of amides is 1. The van der Waals surface area contributed by atoms with Crippen molar-refractivity contribution in [3.8, 4) is 17.2 Å². The molecule has 7 heteroatoms. The van der Waals surface area contributed by atoms with Crippen LogP contribution in [0.5, 0.6) is 17.2 Å². The van der Waals surface area contributed by atoms with E-state index in [2.05, 4.69) is 10.9 Å². The summed E-state index contributed by atoms with van der Waals surface area (Å²) in [5.74, 6) is 1.63. The van der Waals surface area contributed by atoms with Crippen LogP contribution in [0.25, 0.3) is 0 Å². The van der Waals surface area contributed by atoms with Crippen LogP contribution in [-0.2, 0) is 11.3 Å². The number of rotatable bonds is 6. The van der Waals surface area contributed by atoms with Gasteiger partial charge in [0, 0.05) is 6.54 Å². The van der Waals surface area contributed by atoms with Crippen LogP contribution in [0.3, 0.4) is 0 Å². The van der Waals surface area contributed by atoms with Gasteiger partial charge in [-0.05, 0) is 38.5 Å². The summed E-state index contributed by atoms with van der Waals surface area (Å²) in [6.45, 7) is 5.76. The van der Waals surface area contributed by atoms with Gasteiger partial charge >= 0.3 is 6.09 Å². The topological polar surface area (TPSA) is 78.1 Å². The molecule has 0 fully saturated rings. The summed E-state index contributed by atoms with van der Waals surface area (Å²) < 4.78 is 20.9. The fourth-order valence-corrected chi connectivity index (χ4v) is 1.76. The molecule has 0 saturated carbocycles. The van der Waals surface area contributed by atoms with Gasteiger partial charge in [-0.3, -0.25) is 5.43 Å². The molecule has 0 bridgehead atoms. The minimum absolute atomic E-state index is 0.371. The van der Waals surface area contributed by atoms with Crippen LogP contribution < -0.4 is 25.1 Å². The van der Waals surface area contributed by atoms with Gasteiger partial charge in [0.1, 0.15) is 5.60 Å². The summed E-state index contributed by atoms with van der Waals surface area (Å²) in [7, 11) is 4.64. The largest absolute Gasteiger partial charge is 0.493 e. The highest BCUT2D eigenvalue weighted by atomic mass is 16.6. The lowest BCUT2D eigenvalue weighted by molar-refractivity contribution is 0.0497. The zero-order chi connectivity index (χ0) is 16.8. The van der Waals surface area contributed by atoms with Crippen LogP contribution in [0.1, 0.15) is 26.3 Å². The monoisotopic (exact) mass is 312 g/mol. The van der Waals surface area contributed by atoms with Gasteiger partial charge in [-0.1, -0.05) is 0 Å². The molecule has 0 aromatic heterocycles. The Morgan fingerprint density at radius 3 is 2.00 bits per heavy atom. The van der Waals surface area contributed by atoms with E-state index in [4.69, 9.17) is 18.9 Å².